The van der Waals surface area contributed by atoms with Gasteiger partial charge in [0.05, 0.1) is 11.4 Å². The van der Waals surface area contributed by atoms with Crippen molar-refractivity contribution in [3.05, 3.63) is 64.7 Å². The lowest BCUT2D eigenvalue weighted by atomic mass is 10.0. The lowest BCUT2D eigenvalue weighted by molar-refractivity contribution is -0.127. The number of thiocarbonyl (C=S) groups is 1. The molecule has 0 aliphatic carbocycles. The summed E-state index contributed by atoms with van der Waals surface area (Å²) >= 11 is 11.7. The van der Waals surface area contributed by atoms with E-state index in [1.165, 1.54) is 0 Å². The van der Waals surface area contributed by atoms with Crippen LogP contribution >= 0.6 is 23.8 Å². The topological polar surface area (TPSA) is 77.0 Å². The number of carbonyl (C=O) groups is 2. The summed E-state index contributed by atoms with van der Waals surface area (Å²) in [5.74, 6) is -0.0124. The Balaban J connectivity index is 1.50. The SMILES string of the molecule is CN1C(=O)C(NC(=S)NCCCN2CCCC2=O)N=C(c2ccccc2)c2cc(Cl)ccc21. The number of benzodiazepines with no additional fused rings is 1. The minimum absolute atomic E-state index is 0.213. The first-order valence-electron chi connectivity index (χ1n) is 11.0. The van der Waals surface area contributed by atoms with Crippen LogP contribution in [0.25, 0.3) is 0 Å². The summed E-state index contributed by atoms with van der Waals surface area (Å²) in [5, 5.41) is 7.09. The van der Waals surface area contributed by atoms with Crippen molar-refractivity contribution >= 4 is 52.1 Å². The molecule has 2 amide bonds. The average molecular weight is 484 g/mol. The van der Waals surface area contributed by atoms with Gasteiger partial charge in [-0.1, -0.05) is 41.9 Å². The zero-order valence-corrected chi connectivity index (χ0v) is 20.0. The van der Waals surface area contributed by atoms with Gasteiger partial charge in [0, 0.05) is 49.3 Å². The van der Waals surface area contributed by atoms with Crippen molar-refractivity contribution in [2.45, 2.75) is 25.4 Å². The number of halogens is 1. The Labute approximate surface area is 203 Å². The minimum Gasteiger partial charge on any atom is -0.363 e. The molecule has 0 spiro atoms. The average Bonchev–Trinajstić information content (AvgIpc) is 3.19. The second-order valence-electron chi connectivity index (χ2n) is 8.04. The molecule has 33 heavy (non-hydrogen) atoms. The summed E-state index contributed by atoms with van der Waals surface area (Å²) in [6, 6.07) is 15.1. The fraction of sp³-hybridized carbons (Fsp3) is 0.333. The normalized spacial score (nSPS) is 18.0. The highest BCUT2D eigenvalue weighted by molar-refractivity contribution is 7.80. The van der Waals surface area contributed by atoms with Gasteiger partial charge < -0.3 is 20.4 Å². The van der Waals surface area contributed by atoms with E-state index < -0.39 is 6.17 Å². The van der Waals surface area contributed by atoms with Crippen molar-refractivity contribution in [3.63, 3.8) is 0 Å². The van der Waals surface area contributed by atoms with Crippen molar-refractivity contribution in [3.8, 4) is 0 Å². The highest BCUT2D eigenvalue weighted by Gasteiger charge is 2.30. The molecule has 9 heteroatoms. The van der Waals surface area contributed by atoms with Gasteiger partial charge in [0.1, 0.15) is 0 Å². The Bertz CT molecular complexity index is 1090. The highest BCUT2D eigenvalue weighted by atomic mass is 35.5. The van der Waals surface area contributed by atoms with E-state index in [9.17, 15) is 9.59 Å². The fourth-order valence-corrected chi connectivity index (χ4v) is 4.44. The maximum Gasteiger partial charge on any atom is 0.272 e. The first kappa shape index (κ1) is 23.2. The maximum absolute atomic E-state index is 13.2. The molecule has 2 heterocycles. The van der Waals surface area contributed by atoms with E-state index in [1.807, 2.05) is 47.4 Å². The van der Waals surface area contributed by atoms with Crippen LogP contribution in [0.3, 0.4) is 0 Å². The van der Waals surface area contributed by atoms with Crippen LogP contribution in [0.1, 0.15) is 30.4 Å². The van der Waals surface area contributed by atoms with Gasteiger partial charge in [-0.3, -0.25) is 9.59 Å². The van der Waals surface area contributed by atoms with Crippen LogP contribution in [0.2, 0.25) is 5.02 Å². The second kappa shape index (κ2) is 10.3. The zero-order valence-electron chi connectivity index (χ0n) is 18.4. The monoisotopic (exact) mass is 483 g/mol. The third kappa shape index (κ3) is 5.34. The van der Waals surface area contributed by atoms with Gasteiger partial charge in [-0.2, -0.15) is 0 Å². The van der Waals surface area contributed by atoms with Gasteiger partial charge in [0.25, 0.3) is 5.91 Å². The number of hydrogen-bond donors (Lipinski definition) is 2. The summed E-state index contributed by atoms with van der Waals surface area (Å²) in [5.41, 5.74) is 3.05. The van der Waals surface area contributed by atoms with E-state index >= 15 is 0 Å². The number of nitrogens with one attached hydrogen (secondary N) is 2. The van der Waals surface area contributed by atoms with Crippen LogP contribution in [0.4, 0.5) is 5.69 Å². The molecule has 1 atom stereocenters. The Morgan fingerprint density at radius 2 is 2.00 bits per heavy atom. The number of amides is 2. The van der Waals surface area contributed by atoms with Crippen molar-refractivity contribution in [2.75, 3.05) is 31.6 Å². The molecule has 1 fully saturated rings. The molecule has 0 saturated carbocycles. The van der Waals surface area contributed by atoms with Gasteiger partial charge in [-0.25, -0.2) is 4.99 Å². The molecular formula is C24H26ClN5O2S. The fourth-order valence-electron chi connectivity index (χ4n) is 4.05. The second-order valence-corrected chi connectivity index (χ2v) is 8.89. The molecule has 2 N–H and O–H groups in total. The molecule has 1 saturated heterocycles. The zero-order chi connectivity index (χ0) is 23.4. The van der Waals surface area contributed by atoms with E-state index in [1.54, 1.807) is 18.0 Å². The van der Waals surface area contributed by atoms with Crippen LogP contribution in [0, 0.1) is 0 Å². The lowest BCUT2D eigenvalue weighted by Crippen LogP contribution is -2.49. The quantitative estimate of drug-likeness (QED) is 0.488. The first-order chi connectivity index (χ1) is 15.9. The molecule has 4 rings (SSSR count). The number of likely N-dealkylation sites (tertiary alicyclic amines) is 1. The summed E-state index contributed by atoms with van der Waals surface area (Å²) in [6.07, 6.45) is 1.45. The molecular weight excluding hydrogens is 458 g/mol. The van der Waals surface area contributed by atoms with Crippen LogP contribution in [0.5, 0.6) is 0 Å². The summed E-state index contributed by atoms with van der Waals surface area (Å²) in [6.45, 7) is 2.12. The number of carbonyl (C=O) groups excluding carboxylic acids is 2. The predicted octanol–water partition coefficient (Wildman–Crippen LogP) is 2.96. The van der Waals surface area contributed by atoms with E-state index in [2.05, 4.69) is 10.6 Å². The smallest absolute Gasteiger partial charge is 0.272 e. The van der Waals surface area contributed by atoms with Crippen LogP contribution in [-0.2, 0) is 9.59 Å². The molecule has 1 unspecified atom stereocenters. The third-order valence-corrected chi connectivity index (χ3v) is 6.27. The number of aliphatic imine (C=N–C) groups is 1. The standard InChI is InChI=1S/C24H26ClN5O2S/c1-29-19-11-10-17(25)15-18(19)21(16-7-3-2-4-8-16)27-22(23(29)32)28-24(33)26-12-6-14-30-13-5-9-20(30)31/h2-4,7-8,10-11,15,22H,5-6,9,12-14H2,1H3,(H2,26,28,33). The Morgan fingerprint density at radius 3 is 2.73 bits per heavy atom. The molecule has 2 aromatic rings. The largest absolute Gasteiger partial charge is 0.363 e. The number of fused-ring (bicyclic) bond motifs is 1. The maximum atomic E-state index is 13.2. The van der Waals surface area contributed by atoms with E-state index in [0.717, 1.165) is 36.2 Å². The van der Waals surface area contributed by atoms with Crippen molar-refractivity contribution < 1.29 is 9.59 Å². The van der Waals surface area contributed by atoms with E-state index in [4.69, 9.17) is 28.8 Å². The Morgan fingerprint density at radius 1 is 1.21 bits per heavy atom. The first-order valence-corrected chi connectivity index (χ1v) is 11.8. The number of anilines is 1. The highest BCUT2D eigenvalue weighted by Crippen LogP contribution is 2.29. The minimum atomic E-state index is -0.892. The molecule has 0 bridgehead atoms. The molecule has 7 nitrogen and oxygen atoms in total. The van der Waals surface area contributed by atoms with Crippen molar-refractivity contribution in [2.24, 2.45) is 4.99 Å². The Kier molecular flexibility index (Phi) is 7.25. The Hall–Kier alpha value is -2.97. The predicted molar refractivity (Wildman–Crippen MR) is 135 cm³/mol. The van der Waals surface area contributed by atoms with Crippen LogP contribution in [-0.4, -0.2) is 60.4 Å². The molecule has 0 radical (unpaired) electrons. The van der Waals surface area contributed by atoms with Gasteiger partial charge in [-0.15, -0.1) is 0 Å². The van der Waals surface area contributed by atoms with Gasteiger partial charge in [0.2, 0.25) is 12.1 Å². The number of hydrogen-bond acceptors (Lipinski definition) is 4. The summed E-state index contributed by atoms with van der Waals surface area (Å²) in [4.78, 5) is 33.2. The number of likely N-dealkylation sites (N-methyl/N-ethyl adjacent to an activating group) is 1. The van der Waals surface area contributed by atoms with Crippen LogP contribution < -0.4 is 15.5 Å². The summed E-state index contributed by atoms with van der Waals surface area (Å²) in [7, 11) is 1.72. The third-order valence-electron chi connectivity index (χ3n) is 5.77. The molecule has 0 aromatic heterocycles. The van der Waals surface area contributed by atoms with Crippen molar-refractivity contribution in [1.82, 2.24) is 15.5 Å². The van der Waals surface area contributed by atoms with Gasteiger partial charge in [-0.05, 0) is 43.3 Å². The van der Waals surface area contributed by atoms with Crippen molar-refractivity contribution in [1.29, 1.82) is 0 Å². The number of benzene rings is 2. The van der Waals surface area contributed by atoms with E-state index in [-0.39, 0.29) is 11.8 Å². The molecule has 2 aliphatic heterocycles. The number of nitrogens with zero attached hydrogens (tertiary/aromatic N) is 3. The molecule has 2 aliphatic rings. The summed E-state index contributed by atoms with van der Waals surface area (Å²) < 4.78 is 0. The molecule has 172 valence electrons. The van der Waals surface area contributed by atoms with E-state index in [0.29, 0.717) is 35.4 Å². The lowest BCUT2D eigenvalue weighted by Gasteiger charge is -2.22. The molecule has 2 aromatic carbocycles. The number of rotatable bonds is 6. The van der Waals surface area contributed by atoms with Gasteiger partial charge >= 0.3 is 0 Å². The van der Waals surface area contributed by atoms with Crippen LogP contribution in [0.15, 0.2) is 53.5 Å². The van der Waals surface area contributed by atoms with Gasteiger partial charge in [0.15, 0.2) is 5.11 Å².